The second kappa shape index (κ2) is 5.14. The van der Waals surface area contributed by atoms with Crippen LogP contribution in [0.2, 0.25) is 0 Å². The lowest BCUT2D eigenvalue weighted by Gasteiger charge is -2.08. The summed E-state index contributed by atoms with van der Waals surface area (Å²) in [6.07, 6.45) is -0.141. The van der Waals surface area contributed by atoms with E-state index in [1.54, 1.807) is 13.2 Å². The summed E-state index contributed by atoms with van der Waals surface area (Å²) >= 11 is 0. The Morgan fingerprint density at radius 1 is 1.32 bits per heavy atom. The number of benzene rings is 1. The zero-order valence-electron chi connectivity index (χ0n) is 11.1. The van der Waals surface area contributed by atoms with Crippen molar-refractivity contribution in [2.75, 3.05) is 7.11 Å². The minimum atomic E-state index is -0.928. The molecule has 1 aromatic carbocycles. The Morgan fingerprint density at radius 2 is 2.05 bits per heavy atom. The molecule has 100 valence electrons. The molecule has 0 unspecified atom stereocenters. The second-order valence-corrected chi connectivity index (χ2v) is 4.39. The molecule has 1 N–H and O–H groups in total. The molecule has 0 saturated heterocycles. The predicted molar refractivity (Wildman–Crippen MR) is 69.3 cm³/mol. The normalized spacial score (nSPS) is 10.5. The fraction of sp³-hybridized carbons (Fsp3) is 0.286. The van der Waals surface area contributed by atoms with E-state index in [1.807, 2.05) is 26.0 Å². The maximum Gasteiger partial charge on any atom is 0.309 e. The van der Waals surface area contributed by atoms with E-state index in [0.29, 0.717) is 11.5 Å². The molecule has 0 saturated carbocycles. The summed E-state index contributed by atoms with van der Waals surface area (Å²) in [5, 5.41) is 12.5. The van der Waals surface area contributed by atoms with Gasteiger partial charge < -0.3 is 14.4 Å². The summed E-state index contributed by atoms with van der Waals surface area (Å²) in [6, 6.07) is 5.52. The lowest BCUT2D eigenvalue weighted by atomic mass is 10.0. The van der Waals surface area contributed by atoms with Crippen molar-refractivity contribution < 1.29 is 19.2 Å². The fourth-order valence-corrected chi connectivity index (χ4v) is 1.95. The minimum Gasteiger partial charge on any atom is -0.496 e. The van der Waals surface area contributed by atoms with Crippen LogP contribution in [-0.2, 0) is 11.2 Å². The number of hydrogen-bond donors (Lipinski definition) is 1. The number of carbonyl (C=O) groups is 1. The van der Waals surface area contributed by atoms with Crippen LogP contribution < -0.4 is 4.74 Å². The standard InChI is InChI=1S/C14H15NO4/c1-8-5-12(18-3)9(2)4-11(8)13-6-10(15-19-13)7-14(16)17/h4-6H,7H2,1-3H3,(H,16,17). The van der Waals surface area contributed by atoms with Crippen LogP contribution in [0.3, 0.4) is 0 Å². The Kier molecular flexibility index (Phi) is 3.55. The molecule has 0 fully saturated rings. The summed E-state index contributed by atoms with van der Waals surface area (Å²) in [5.74, 6) is 0.452. The van der Waals surface area contributed by atoms with Crippen molar-refractivity contribution in [1.82, 2.24) is 5.16 Å². The van der Waals surface area contributed by atoms with Crippen molar-refractivity contribution in [3.8, 4) is 17.1 Å². The predicted octanol–water partition coefficient (Wildman–Crippen LogP) is 2.59. The van der Waals surface area contributed by atoms with E-state index in [-0.39, 0.29) is 6.42 Å². The van der Waals surface area contributed by atoms with Gasteiger partial charge >= 0.3 is 5.97 Å². The molecule has 1 heterocycles. The van der Waals surface area contributed by atoms with Gasteiger partial charge in [0.15, 0.2) is 5.76 Å². The van der Waals surface area contributed by atoms with E-state index in [4.69, 9.17) is 14.4 Å². The van der Waals surface area contributed by atoms with Crippen LogP contribution in [0.15, 0.2) is 22.7 Å². The number of carboxylic acids is 1. The van der Waals surface area contributed by atoms with Gasteiger partial charge in [-0.05, 0) is 37.1 Å². The molecular formula is C14H15NO4. The van der Waals surface area contributed by atoms with Crippen LogP contribution in [-0.4, -0.2) is 23.3 Å². The average Bonchev–Trinajstić information content (AvgIpc) is 2.79. The molecule has 0 spiro atoms. The lowest BCUT2D eigenvalue weighted by molar-refractivity contribution is -0.136. The van der Waals surface area contributed by atoms with Crippen molar-refractivity contribution in [2.24, 2.45) is 0 Å². The van der Waals surface area contributed by atoms with Gasteiger partial charge in [0.25, 0.3) is 0 Å². The van der Waals surface area contributed by atoms with Crippen LogP contribution in [0, 0.1) is 13.8 Å². The number of rotatable bonds is 4. The third-order valence-corrected chi connectivity index (χ3v) is 2.90. The first-order valence-electron chi connectivity index (χ1n) is 5.84. The Morgan fingerprint density at radius 3 is 2.68 bits per heavy atom. The van der Waals surface area contributed by atoms with Gasteiger partial charge in [0, 0.05) is 11.6 Å². The summed E-state index contributed by atoms with van der Waals surface area (Å²) in [5.41, 5.74) is 3.28. The molecule has 0 aliphatic rings. The van der Waals surface area contributed by atoms with Gasteiger partial charge in [0.1, 0.15) is 5.75 Å². The molecule has 19 heavy (non-hydrogen) atoms. The van der Waals surface area contributed by atoms with Crippen molar-refractivity contribution in [3.63, 3.8) is 0 Å². The monoisotopic (exact) mass is 261 g/mol. The second-order valence-electron chi connectivity index (χ2n) is 4.39. The summed E-state index contributed by atoms with van der Waals surface area (Å²) < 4.78 is 10.5. The third kappa shape index (κ3) is 2.76. The number of carboxylic acid groups (broad SMARTS) is 1. The van der Waals surface area contributed by atoms with Crippen molar-refractivity contribution in [1.29, 1.82) is 0 Å². The molecule has 0 aliphatic carbocycles. The molecule has 2 rings (SSSR count). The maximum absolute atomic E-state index is 10.6. The number of aryl methyl sites for hydroxylation is 2. The van der Waals surface area contributed by atoms with Gasteiger partial charge in [-0.15, -0.1) is 0 Å². The Hall–Kier alpha value is -2.30. The number of ether oxygens (including phenoxy) is 1. The van der Waals surface area contributed by atoms with Gasteiger partial charge in [-0.25, -0.2) is 0 Å². The lowest BCUT2D eigenvalue weighted by Crippen LogP contribution is -1.99. The van der Waals surface area contributed by atoms with Gasteiger partial charge in [-0.2, -0.15) is 0 Å². The molecule has 0 aliphatic heterocycles. The molecule has 0 atom stereocenters. The number of methoxy groups -OCH3 is 1. The summed E-state index contributed by atoms with van der Waals surface area (Å²) in [4.78, 5) is 10.6. The zero-order chi connectivity index (χ0) is 14.0. The highest BCUT2D eigenvalue weighted by atomic mass is 16.5. The summed E-state index contributed by atoms with van der Waals surface area (Å²) in [7, 11) is 1.63. The van der Waals surface area contributed by atoms with Crippen molar-refractivity contribution >= 4 is 5.97 Å². The van der Waals surface area contributed by atoms with Crippen LogP contribution in [0.4, 0.5) is 0 Å². The van der Waals surface area contributed by atoms with Crippen LogP contribution in [0.25, 0.3) is 11.3 Å². The van der Waals surface area contributed by atoms with Crippen LogP contribution in [0.5, 0.6) is 5.75 Å². The molecular weight excluding hydrogens is 246 g/mol. The Bertz CT molecular complexity index is 616. The molecule has 0 radical (unpaired) electrons. The van der Waals surface area contributed by atoms with Gasteiger partial charge in [0.05, 0.1) is 19.2 Å². The van der Waals surface area contributed by atoms with E-state index < -0.39 is 5.97 Å². The van der Waals surface area contributed by atoms with Gasteiger partial charge in [0.2, 0.25) is 0 Å². The Balaban J connectivity index is 2.39. The molecule has 0 amide bonds. The third-order valence-electron chi connectivity index (χ3n) is 2.90. The number of aliphatic carboxylic acids is 1. The van der Waals surface area contributed by atoms with Crippen LogP contribution >= 0.6 is 0 Å². The number of nitrogens with zero attached hydrogens (tertiary/aromatic N) is 1. The molecule has 0 bridgehead atoms. The molecule has 2 aromatic rings. The molecule has 5 heteroatoms. The maximum atomic E-state index is 10.6. The first kappa shape index (κ1) is 13.1. The van der Waals surface area contributed by atoms with E-state index in [2.05, 4.69) is 5.16 Å². The van der Waals surface area contributed by atoms with Gasteiger partial charge in [-0.1, -0.05) is 5.16 Å². The minimum absolute atomic E-state index is 0.141. The van der Waals surface area contributed by atoms with Gasteiger partial charge in [-0.3, -0.25) is 4.79 Å². The zero-order valence-corrected chi connectivity index (χ0v) is 11.1. The topological polar surface area (TPSA) is 72.6 Å². The largest absolute Gasteiger partial charge is 0.496 e. The average molecular weight is 261 g/mol. The summed E-state index contributed by atoms with van der Waals surface area (Å²) in [6.45, 7) is 3.88. The highest BCUT2D eigenvalue weighted by Crippen LogP contribution is 2.30. The van der Waals surface area contributed by atoms with Crippen LogP contribution in [0.1, 0.15) is 16.8 Å². The van der Waals surface area contributed by atoms with E-state index >= 15 is 0 Å². The molecule has 5 nitrogen and oxygen atoms in total. The highest BCUT2D eigenvalue weighted by molar-refractivity contribution is 5.71. The van der Waals surface area contributed by atoms with Crippen molar-refractivity contribution in [2.45, 2.75) is 20.3 Å². The van der Waals surface area contributed by atoms with Crippen molar-refractivity contribution in [3.05, 3.63) is 35.0 Å². The molecule has 1 aromatic heterocycles. The quantitative estimate of drug-likeness (QED) is 0.915. The highest BCUT2D eigenvalue weighted by Gasteiger charge is 2.13. The van der Waals surface area contributed by atoms with E-state index in [0.717, 1.165) is 22.4 Å². The van der Waals surface area contributed by atoms with E-state index in [9.17, 15) is 4.79 Å². The SMILES string of the molecule is COc1cc(C)c(-c2cc(CC(=O)O)no2)cc1C. The number of aromatic nitrogens is 1. The smallest absolute Gasteiger partial charge is 0.309 e. The Labute approximate surface area is 110 Å². The van der Waals surface area contributed by atoms with E-state index in [1.165, 1.54) is 0 Å². The number of hydrogen-bond acceptors (Lipinski definition) is 4. The first-order valence-corrected chi connectivity index (χ1v) is 5.84. The first-order chi connectivity index (χ1) is 9.01. The fourth-order valence-electron chi connectivity index (χ4n) is 1.95.